The molecule has 0 heterocycles. The van der Waals surface area contributed by atoms with Gasteiger partial charge in [0.15, 0.2) is 0 Å². The van der Waals surface area contributed by atoms with Gasteiger partial charge < -0.3 is 20.7 Å². The fourth-order valence-electron chi connectivity index (χ4n) is 3.15. The minimum Gasteiger partial charge on any atom is -0.383 e. The number of nitrogens with one attached hydrogen (secondary N) is 3. The summed E-state index contributed by atoms with van der Waals surface area (Å²) < 4.78 is 31.5. The SMILES string of the molecule is COCCNC(=O)[C@H](Cc1ccc([N+](=O)[O-])cc1)NC(=O)[C@H](C)NC(=O)Cc1cc(F)cc(F)c1. The maximum absolute atomic E-state index is 13.3. The lowest BCUT2D eigenvalue weighted by atomic mass is 10.0. The topological polar surface area (TPSA) is 140 Å². The summed E-state index contributed by atoms with van der Waals surface area (Å²) in [6.45, 7) is 1.83. The van der Waals surface area contributed by atoms with Crippen LogP contribution in [-0.2, 0) is 32.0 Å². The number of methoxy groups -OCH3 is 1. The number of non-ortho nitro benzene ring substituents is 1. The van der Waals surface area contributed by atoms with Crippen LogP contribution in [0, 0.1) is 21.7 Å². The lowest BCUT2D eigenvalue weighted by molar-refractivity contribution is -0.384. The number of carbonyl (C=O) groups excluding carboxylic acids is 3. The minimum atomic E-state index is -1.06. The fourth-order valence-corrected chi connectivity index (χ4v) is 3.15. The van der Waals surface area contributed by atoms with Crippen molar-refractivity contribution in [3.05, 3.63) is 75.3 Å². The zero-order valence-corrected chi connectivity index (χ0v) is 19.2. The second-order valence-corrected chi connectivity index (χ2v) is 7.72. The van der Waals surface area contributed by atoms with E-state index in [1.54, 1.807) is 0 Å². The molecule has 0 aromatic heterocycles. The summed E-state index contributed by atoms with van der Waals surface area (Å²) in [5.74, 6) is -3.48. The van der Waals surface area contributed by atoms with Gasteiger partial charge in [0.2, 0.25) is 17.7 Å². The maximum Gasteiger partial charge on any atom is 0.269 e. The first kappa shape index (κ1) is 27.3. The largest absolute Gasteiger partial charge is 0.383 e. The Kier molecular flexibility index (Phi) is 10.2. The van der Waals surface area contributed by atoms with Gasteiger partial charge in [0.25, 0.3) is 5.69 Å². The van der Waals surface area contributed by atoms with Crippen LogP contribution in [0.2, 0.25) is 0 Å². The van der Waals surface area contributed by atoms with Gasteiger partial charge in [-0.3, -0.25) is 24.5 Å². The van der Waals surface area contributed by atoms with Crippen LogP contribution in [0.15, 0.2) is 42.5 Å². The number of nitro groups is 1. The lowest BCUT2D eigenvalue weighted by Gasteiger charge is -2.21. The molecule has 0 aliphatic heterocycles. The number of hydrogen-bond donors (Lipinski definition) is 3. The van der Waals surface area contributed by atoms with Crippen LogP contribution in [0.5, 0.6) is 0 Å². The first-order valence-electron chi connectivity index (χ1n) is 10.6. The van der Waals surface area contributed by atoms with Gasteiger partial charge in [-0.2, -0.15) is 0 Å². The molecule has 188 valence electrons. The molecule has 2 rings (SSSR count). The fraction of sp³-hybridized carbons (Fsp3) is 0.348. The molecule has 0 aliphatic rings. The van der Waals surface area contributed by atoms with Crippen molar-refractivity contribution >= 4 is 23.4 Å². The molecular formula is C23H26F2N4O6. The van der Waals surface area contributed by atoms with E-state index in [2.05, 4.69) is 16.0 Å². The predicted octanol–water partition coefficient (Wildman–Crippen LogP) is 1.41. The Balaban J connectivity index is 2.04. The average molecular weight is 492 g/mol. The quantitative estimate of drug-likeness (QED) is 0.233. The van der Waals surface area contributed by atoms with Gasteiger partial charge >= 0.3 is 0 Å². The van der Waals surface area contributed by atoms with Crippen LogP contribution in [0.1, 0.15) is 18.1 Å². The molecule has 3 N–H and O–H groups in total. The van der Waals surface area contributed by atoms with Gasteiger partial charge in [0.1, 0.15) is 23.7 Å². The van der Waals surface area contributed by atoms with E-state index in [0.717, 1.165) is 12.1 Å². The number of nitro benzene ring substituents is 1. The van der Waals surface area contributed by atoms with E-state index in [4.69, 9.17) is 4.74 Å². The third-order valence-corrected chi connectivity index (χ3v) is 4.88. The van der Waals surface area contributed by atoms with Crippen LogP contribution in [0.25, 0.3) is 0 Å². The van der Waals surface area contributed by atoms with Crippen molar-refractivity contribution in [3.63, 3.8) is 0 Å². The van der Waals surface area contributed by atoms with Crippen LogP contribution >= 0.6 is 0 Å². The summed E-state index contributed by atoms with van der Waals surface area (Å²) in [4.78, 5) is 47.8. The normalized spacial score (nSPS) is 12.3. The third-order valence-electron chi connectivity index (χ3n) is 4.88. The molecule has 0 fully saturated rings. The Morgan fingerprint density at radius 2 is 1.63 bits per heavy atom. The van der Waals surface area contributed by atoms with Crippen molar-refractivity contribution in [3.8, 4) is 0 Å². The van der Waals surface area contributed by atoms with E-state index in [9.17, 15) is 33.3 Å². The van der Waals surface area contributed by atoms with Crippen molar-refractivity contribution in [2.75, 3.05) is 20.3 Å². The average Bonchev–Trinajstić information content (AvgIpc) is 2.78. The second kappa shape index (κ2) is 13.1. The van der Waals surface area contributed by atoms with Gasteiger partial charge in [-0.15, -0.1) is 0 Å². The number of amides is 3. The maximum atomic E-state index is 13.3. The highest BCUT2D eigenvalue weighted by molar-refractivity contribution is 5.92. The zero-order valence-electron chi connectivity index (χ0n) is 19.2. The summed E-state index contributed by atoms with van der Waals surface area (Å²) >= 11 is 0. The molecule has 0 saturated heterocycles. The molecule has 0 spiro atoms. The van der Waals surface area contributed by atoms with Crippen molar-refractivity contribution in [1.82, 2.24) is 16.0 Å². The van der Waals surface area contributed by atoms with E-state index in [1.165, 1.54) is 38.3 Å². The van der Waals surface area contributed by atoms with Gasteiger partial charge in [-0.05, 0) is 30.2 Å². The Morgan fingerprint density at radius 3 is 2.20 bits per heavy atom. The van der Waals surface area contributed by atoms with E-state index < -0.39 is 46.4 Å². The highest BCUT2D eigenvalue weighted by Gasteiger charge is 2.25. The molecule has 10 nitrogen and oxygen atoms in total. The summed E-state index contributed by atoms with van der Waals surface area (Å²) in [5, 5.41) is 18.4. The Hall–Kier alpha value is -3.93. The van der Waals surface area contributed by atoms with Gasteiger partial charge in [0, 0.05) is 38.3 Å². The Labute approximate surface area is 200 Å². The monoisotopic (exact) mass is 492 g/mol. The van der Waals surface area contributed by atoms with Crippen molar-refractivity contribution in [2.45, 2.75) is 31.8 Å². The van der Waals surface area contributed by atoms with E-state index >= 15 is 0 Å². The number of carbonyl (C=O) groups is 3. The number of ether oxygens (including phenoxy) is 1. The number of benzene rings is 2. The molecule has 2 atom stereocenters. The molecule has 35 heavy (non-hydrogen) atoms. The number of halogens is 2. The summed E-state index contributed by atoms with van der Waals surface area (Å²) in [6.07, 6.45) is -0.318. The molecule has 0 unspecified atom stereocenters. The molecular weight excluding hydrogens is 466 g/mol. The van der Waals surface area contributed by atoms with Gasteiger partial charge in [-0.1, -0.05) is 12.1 Å². The second-order valence-electron chi connectivity index (χ2n) is 7.72. The molecule has 3 amide bonds. The van der Waals surface area contributed by atoms with Crippen LogP contribution in [-0.4, -0.2) is 55.0 Å². The molecule has 0 aliphatic carbocycles. The first-order valence-corrected chi connectivity index (χ1v) is 10.6. The van der Waals surface area contributed by atoms with E-state index in [-0.39, 0.29) is 37.2 Å². The summed E-state index contributed by atoms with van der Waals surface area (Å²) in [6, 6.07) is 6.12. The van der Waals surface area contributed by atoms with Crippen LogP contribution < -0.4 is 16.0 Å². The van der Waals surface area contributed by atoms with Crippen LogP contribution in [0.3, 0.4) is 0 Å². The number of rotatable bonds is 12. The summed E-state index contributed by atoms with van der Waals surface area (Å²) in [7, 11) is 1.46. The van der Waals surface area contributed by atoms with E-state index in [0.29, 0.717) is 11.6 Å². The number of hydrogen-bond acceptors (Lipinski definition) is 6. The zero-order chi connectivity index (χ0) is 26.0. The molecule has 0 saturated carbocycles. The van der Waals surface area contributed by atoms with E-state index in [1.807, 2.05) is 0 Å². The first-order chi connectivity index (χ1) is 16.6. The minimum absolute atomic E-state index is 0.0335. The van der Waals surface area contributed by atoms with Gasteiger partial charge in [0.05, 0.1) is 18.0 Å². The number of nitrogens with zero attached hydrogens (tertiary/aromatic N) is 1. The highest BCUT2D eigenvalue weighted by atomic mass is 19.1. The van der Waals surface area contributed by atoms with Crippen molar-refractivity contribution in [1.29, 1.82) is 0 Å². The highest BCUT2D eigenvalue weighted by Crippen LogP contribution is 2.13. The predicted molar refractivity (Wildman–Crippen MR) is 121 cm³/mol. The third kappa shape index (κ3) is 9.08. The molecule has 2 aromatic rings. The smallest absolute Gasteiger partial charge is 0.269 e. The summed E-state index contributed by atoms with van der Waals surface area (Å²) in [5.41, 5.74) is 0.544. The Bertz CT molecular complexity index is 1040. The standard InChI is InChI=1S/C23H26F2N4O6/c1-14(27-21(30)12-16-9-17(24)13-18(25)10-16)22(31)28-20(23(32)26-7-8-35-2)11-15-3-5-19(6-4-15)29(33)34/h3-6,9-10,13-14,20H,7-8,11-12H2,1-2H3,(H,26,32)(H,27,30)(H,28,31)/t14-,20-/m0/s1. The van der Waals surface area contributed by atoms with Crippen LogP contribution in [0.4, 0.5) is 14.5 Å². The molecule has 12 heteroatoms. The van der Waals surface area contributed by atoms with Crippen molar-refractivity contribution in [2.24, 2.45) is 0 Å². The Morgan fingerprint density at radius 1 is 1.00 bits per heavy atom. The molecule has 0 bridgehead atoms. The molecule has 0 radical (unpaired) electrons. The molecule has 2 aromatic carbocycles. The van der Waals surface area contributed by atoms with Gasteiger partial charge in [-0.25, -0.2) is 8.78 Å². The van der Waals surface area contributed by atoms with Crippen molar-refractivity contribution < 1.29 is 32.8 Å². The lowest BCUT2D eigenvalue weighted by Crippen LogP contribution is -2.54.